The Morgan fingerprint density at radius 1 is 1.42 bits per heavy atom. The van der Waals surface area contributed by atoms with Crippen LogP contribution in [0.25, 0.3) is 0 Å². The summed E-state index contributed by atoms with van der Waals surface area (Å²) in [5.74, 6) is 0.234. The third-order valence-electron chi connectivity index (χ3n) is 1.20. The molecular formula is C7H9NO3S. The SMILES string of the molecule is Cc1cccc(OS(N)(=O)=O)c1. The van der Waals surface area contributed by atoms with Crippen LogP contribution in [-0.2, 0) is 10.3 Å². The molecule has 0 saturated carbocycles. The summed E-state index contributed by atoms with van der Waals surface area (Å²) in [7, 11) is -3.89. The smallest absolute Gasteiger partial charge is 0.371 e. The van der Waals surface area contributed by atoms with Crippen molar-refractivity contribution in [2.24, 2.45) is 5.14 Å². The second-order valence-electron chi connectivity index (χ2n) is 2.39. The number of rotatable bonds is 2. The molecular weight excluding hydrogens is 178 g/mol. The van der Waals surface area contributed by atoms with Crippen molar-refractivity contribution in [1.82, 2.24) is 0 Å². The van der Waals surface area contributed by atoms with Gasteiger partial charge in [0.15, 0.2) is 0 Å². The lowest BCUT2D eigenvalue weighted by atomic mass is 10.2. The Hall–Kier alpha value is -1.07. The lowest BCUT2D eigenvalue weighted by molar-refractivity contribution is 0.487. The van der Waals surface area contributed by atoms with Crippen LogP contribution in [0.15, 0.2) is 24.3 Å². The molecule has 12 heavy (non-hydrogen) atoms. The van der Waals surface area contributed by atoms with Gasteiger partial charge in [-0.1, -0.05) is 12.1 Å². The van der Waals surface area contributed by atoms with Crippen LogP contribution in [0.3, 0.4) is 0 Å². The quantitative estimate of drug-likeness (QED) is 0.736. The van der Waals surface area contributed by atoms with E-state index in [1.165, 1.54) is 6.07 Å². The first-order chi connectivity index (χ1) is 5.47. The summed E-state index contributed by atoms with van der Waals surface area (Å²) in [6.07, 6.45) is 0. The third kappa shape index (κ3) is 2.89. The van der Waals surface area contributed by atoms with Gasteiger partial charge in [-0.15, -0.1) is 0 Å². The molecule has 0 unspecified atom stereocenters. The number of hydrogen-bond donors (Lipinski definition) is 1. The van der Waals surface area contributed by atoms with Crippen molar-refractivity contribution in [3.8, 4) is 5.75 Å². The third-order valence-corrected chi connectivity index (χ3v) is 1.63. The molecule has 0 heterocycles. The Morgan fingerprint density at radius 3 is 2.58 bits per heavy atom. The molecule has 0 spiro atoms. The highest BCUT2D eigenvalue weighted by Crippen LogP contribution is 2.13. The summed E-state index contributed by atoms with van der Waals surface area (Å²) < 4.78 is 25.4. The zero-order valence-corrected chi connectivity index (χ0v) is 7.34. The molecule has 4 nitrogen and oxygen atoms in total. The van der Waals surface area contributed by atoms with Gasteiger partial charge < -0.3 is 4.18 Å². The van der Waals surface area contributed by atoms with Gasteiger partial charge in [0, 0.05) is 0 Å². The van der Waals surface area contributed by atoms with E-state index < -0.39 is 10.3 Å². The van der Waals surface area contributed by atoms with Gasteiger partial charge in [-0.25, -0.2) is 0 Å². The van der Waals surface area contributed by atoms with Crippen molar-refractivity contribution in [1.29, 1.82) is 0 Å². The molecule has 1 aromatic carbocycles. The van der Waals surface area contributed by atoms with Gasteiger partial charge >= 0.3 is 10.3 Å². The highest BCUT2D eigenvalue weighted by atomic mass is 32.2. The van der Waals surface area contributed by atoms with E-state index in [9.17, 15) is 8.42 Å². The first-order valence-electron chi connectivity index (χ1n) is 3.26. The molecule has 66 valence electrons. The maximum absolute atomic E-state index is 10.5. The topological polar surface area (TPSA) is 69.4 Å². The molecule has 0 aliphatic rings. The zero-order chi connectivity index (χ0) is 9.19. The second-order valence-corrected chi connectivity index (χ2v) is 3.54. The van der Waals surface area contributed by atoms with Crippen LogP contribution in [0.1, 0.15) is 5.56 Å². The Kier molecular flexibility index (Phi) is 2.35. The lowest BCUT2D eigenvalue weighted by Gasteiger charge is -2.01. The van der Waals surface area contributed by atoms with E-state index in [1.807, 2.05) is 13.0 Å². The minimum Gasteiger partial charge on any atom is -0.371 e. The summed E-state index contributed by atoms with van der Waals surface area (Å²) in [5, 5.41) is 4.67. The zero-order valence-electron chi connectivity index (χ0n) is 6.52. The summed E-state index contributed by atoms with van der Waals surface area (Å²) in [6, 6.07) is 6.63. The number of benzene rings is 1. The Labute approximate surface area is 71.2 Å². The van der Waals surface area contributed by atoms with Gasteiger partial charge in [0.1, 0.15) is 5.75 Å². The fraction of sp³-hybridized carbons (Fsp3) is 0.143. The first kappa shape index (κ1) is 9.02. The average Bonchev–Trinajstić information content (AvgIpc) is 1.82. The minimum absolute atomic E-state index is 0.234. The predicted molar refractivity (Wildman–Crippen MR) is 44.9 cm³/mol. The normalized spacial score (nSPS) is 11.2. The van der Waals surface area contributed by atoms with Crippen LogP contribution in [0.2, 0.25) is 0 Å². The van der Waals surface area contributed by atoms with Crippen LogP contribution in [0, 0.1) is 6.92 Å². The van der Waals surface area contributed by atoms with Crippen molar-refractivity contribution >= 4 is 10.3 Å². The van der Waals surface area contributed by atoms with Gasteiger partial charge in [0.2, 0.25) is 0 Å². The van der Waals surface area contributed by atoms with E-state index in [1.54, 1.807) is 12.1 Å². The fourth-order valence-corrected chi connectivity index (χ4v) is 1.17. The van der Waals surface area contributed by atoms with Crippen molar-refractivity contribution in [3.05, 3.63) is 29.8 Å². The summed E-state index contributed by atoms with van der Waals surface area (Å²) in [6.45, 7) is 1.83. The van der Waals surface area contributed by atoms with Gasteiger partial charge in [-0.3, -0.25) is 0 Å². The van der Waals surface area contributed by atoms with Crippen LogP contribution in [0.4, 0.5) is 0 Å². The molecule has 2 N–H and O–H groups in total. The van der Waals surface area contributed by atoms with Crippen LogP contribution >= 0.6 is 0 Å². The molecule has 1 rings (SSSR count). The molecule has 0 amide bonds. The molecule has 0 fully saturated rings. The molecule has 0 aliphatic carbocycles. The first-order valence-corrected chi connectivity index (χ1v) is 4.73. The van der Waals surface area contributed by atoms with Gasteiger partial charge in [-0.2, -0.15) is 13.6 Å². The molecule has 1 aromatic rings. The molecule has 5 heteroatoms. The van der Waals surface area contributed by atoms with Gasteiger partial charge in [0.25, 0.3) is 0 Å². The van der Waals surface area contributed by atoms with E-state index in [4.69, 9.17) is 0 Å². The summed E-state index contributed by atoms with van der Waals surface area (Å²) >= 11 is 0. The van der Waals surface area contributed by atoms with Crippen molar-refractivity contribution in [2.75, 3.05) is 0 Å². The number of hydrogen-bond acceptors (Lipinski definition) is 3. The van der Waals surface area contributed by atoms with Crippen LogP contribution in [0.5, 0.6) is 5.75 Å². The maximum Gasteiger partial charge on any atom is 0.380 e. The molecule has 0 aliphatic heterocycles. The molecule has 0 aromatic heterocycles. The van der Waals surface area contributed by atoms with Crippen LogP contribution in [-0.4, -0.2) is 8.42 Å². The molecule has 0 bridgehead atoms. The van der Waals surface area contributed by atoms with E-state index in [0.29, 0.717) is 0 Å². The highest BCUT2D eigenvalue weighted by Gasteiger charge is 2.03. The Bertz CT molecular complexity index is 372. The van der Waals surface area contributed by atoms with Gasteiger partial charge in [0.05, 0.1) is 0 Å². The average molecular weight is 187 g/mol. The molecule has 0 saturated heterocycles. The van der Waals surface area contributed by atoms with Crippen molar-refractivity contribution in [3.63, 3.8) is 0 Å². The molecule has 0 atom stereocenters. The monoisotopic (exact) mass is 187 g/mol. The predicted octanol–water partition coefficient (Wildman–Crippen LogP) is 0.577. The Morgan fingerprint density at radius 2 is 2.08 bits per heavy atom. The standard InChI is InChI=1S/C7H9NO3S/c1-6-3-2-4-7(5-6)11-12(8,9)10/h2-5H,1H3,(H2,8,9,10). The number of aryl methyl sites for hydroxylation is 1. The maximum atomic E-state index is 10.5. The minimum atomic E-state index is -3.89. The van der Waals surface area contributed by atoms with E-state index in [-0.39, 0.29) is 5.75 Å². The summed E-state index contributed by atoms with van der Waals surface area (Å²) in [4.78, 5) is 0. The second kappa shape index (κ2) is 3.12. The van der Waals surface area contributed by atoms with Crippen molar-refractivity contribution in [2.45, 2.75) is 6.92 Å². The van der Waals surface area contributed by atoms with E-state index in [2.05, 4.69) is 9.32 Å². The van der Waals surface area contributed by atoms with Crippen LogP contribution < -0.4 is 9.32 Å². The van der Waals surface area contributed by atoms with E-state index in [0.717, 1.165) is 5.56 Å². The molecule has 0 radical (unpaired) electrons. The summed E-state index contributed by atoms with van der Waals surface area (Å²) in [5.41, 5.74) is 0.913. The van der Waals surface area contributed by atoms with Gasteiger partial charge in [-0.05, 0) is 24.6 Å². The van der Waals surface area contributed by atoms with E-state index >= 15 is 0 Å². The highest BCUT2D eigenvalue weighted by molar-refractivity contribution is 7.84. The van der Waals surface area contributed by atoms with Crippen molar-refractivity contribution < 1.29 is 12.6 Å². The number of nitrogens with two attached hydrogens (primary N) is 1. The lowest BCUT2D eigenvalue weighted by Crippen LogP contribution is -2.18. The largest absolute Gasteiger partial charge is 0.380 e. The fourth-order valence-electron chi connectivity index (χ4n) is 0.801. The Balaban J connectivity index is 2.91.